The van der Waals surface area contributed by atoms with Crippen LogP contribution in [-0.2, 0) is 11.3 Å². The Labute approximate surface area is 180 Å². The number of ether oxygens (including phenoxy) is 2. The number of rotatable bonds is 12. The molecule has 0 aliphatic carbocycles. The second-order valence-electron chi connectivity index (χ2n) is 5.77. The summed E-state index contributed by atoms with van der Waals surface area (Å²) >= 11 is 1.89. The molecule has 0 bridgehead atoms. The Kier molecular flexibility index (Phi) is 16.1. The molecule has 0 amide bonds. The van der Waals surface area contributed by atoms with Gasteiger partial charge in [0.2, 0.25) is 0 Å². The molecule has 0 fully saturated rings. The number of aryl methyl sites for hydroxylation is 1. The molecule has 0 aromatic heterocycles. The van der Waals surface area contributed by atoms with Crippen molar-refractivity contribution in [3.8, 4) is 5.75 Å². The van der Waals surface area contributed by atoms with Crippen LogP contribution < -0.4 is 15.4 Å². The summed E-state index contributed by atoms with van der Waals surface area (Å²) in [6.45, 7) is 7.65. The number of nitrogens with zero attached hydrogens (tertiary/aromatic N) is 1. The number of unbranched alkanes of at least 4 members (excludes halogenated alkanes) is 1. The van der Waals surface area contributed by atoms with Crippen LogP contribution in [0.3, 0.4) is 0 Å². The third-order valence-corrected chi connectivity index (χ3v) is 4.28. The van der Waals surface area contributed by atoms with Crippen molar-refractivity contribution in [1.82, 2.24) is 10.6 Å². The molecule has 26 heavy (non-hydrogen) atoms. The van der Waals surface area contributed by atoms with Gasteiger partial charge < -0.3 is 20.1 Å². The molecule has 150 valence electrons. The summed E-state index contributed by atoms with van der Waals surface area (Å²) in [5.74, 6) is 2.95. The molecule has 0 saturated heterocycles. The Morgan fingerprint density at radius 3 is 2.69 bits per heavy atom. The minimum absolute atomic E-state index is 0. The summed E-state index contributed by atoms with van der Waals surface area (Å²) in [6.07, 6.45) is 4.52. The molecular formula is C19H34IN3O2S. The molecule has 1 rings (SSSR count). The molecule has 0 saturated carbocycles. The van der Waals surface area contributed by atoms with E-state index in [0.29, 0.717) is 19.8 Å². The maximum atomic E-state index is 5.84. The maximum Gasteiger partial charge on any atom is 0.191 e. The molecule has 0 spiro atoms. The molecule has 1 aromatic carbocycles. The highest BCUT2D eigenvalue weighted by Gasteiger charge is 2.05. The molecule has 5 nitrogen and oxygen atoms in total. The van der Waals surface area contributed by atoms with Crippen LogP contribution in [-0.4, -0.2) is 51.4 Å². The van der Waals surface area contributed by atoms with Crippen molar-refractivity contribution in [3.05, 3.63) is 29.3 Å². The lowest BCUT2D eigenvalue weighted by atomic mass is 10.1. The molecule has 0 aliphatic heterocycles. The number of nitrogens with one attached hydrogen (secondary N) is 2. The Morgan fingerprint density at radius 1 is 1.19 bits per heavy atom. The van der Waals surface area contributed by atoms with E-state index in [2.05, 4.69) is 48.9 Å². The van der Waals surface area contributed by atoms with Crippen LogP contribution >= 0.6 is 35.7 Å². The topological polar surface area (TPSA) is 54.9 Å². The van der Waals surface area contributed by atoms with Crippen LogP contribution in [0.5, 0.6) is 5.75 Å². The smallest absolute Gasteiger partial charge is 0.191 e. The van der Waals surface area contributed by atoms with Gasteiger partial charge in [0.05, 0.1) is 13.2 Å². The molecular weight excluding hydrogens is 461 g/mol. The summed E-state index contributed by atoms with van der Waals surface area (Å²) in [5, 5.41) is 6.70. The second-order valence-corrected chi connectivity index (χ2v) is 6.76. The number of aliphatic imine (C=N–C) groups is 1. The third kappa shape index (κ3) is 11.1. The number of thioether (sulfide) groups is 1. The highest BCUT2D eigenvalue weighted by atomic mass is 127. The Hall–Kier alpha value is -0.670. The number of guanidine groups is 1. The van der Waals surface area contributed by atoms with E-state index in [9.17, 15) is 0 Å². The highest BCUT2D eigenvalue weighted by molar-refractivity contribution is 14.0. The van der Waals surface area contributed by atoms with Crippen LogP contribution in [0.1, 0.15) is 30.9 Å². The van der Waals surface area contributed by atoms with Gasteiger partial charge in [-0.1, -0.05) is 12.1 Å². The predicted octanol–water partition coefficient (Wildman–Crippen LogP) is 3.84. The Bertz CT molecular complexity index is 516. The van der Waals surface area contributed by atoms with Gasteiger partial charge in [-0.3, -0.25) is 0 Å². The average Bonchev–Trinajstić information content (AvgIpc) is 2.60. The Balaban J connectivity index is 0.00000625. The van der Waals surface area contributed by atoms with Crippen molar-refractivity contribution in [1.29, 1.82) is 0 Å². The molecule has 0 aliphatic rings. The van der Waals surface area contributed by atoms with Crippen LogP contribution in [0.25, 0.3) is 0 Å². The average molecular weight is 495 g/mol. The van der Waals surface area contributed by atoms with E-state index in [1.807, 2.05) is 11.8 Å². The third-order valence-electron chi connectivity index (χ3n) is 3.59. The van der Waals surface area contributed by atoms with Gasteiger partial charge in [0.15, 0.2) is 5.96 Å². The van der Waals surface area contributed by atoms with Gasteiger partial charge in [0.25, 0.3) is 0 Å². The first kappa shape index (κ1) is 25.3. The molecule has 0 atom stereocenters. The van der Waals surface area contributed by atoms with Crippen LogP contribution in [0.15, 0.2) is 23.2 Å². The summed E-state index contributed by atoms with van der Waals surface area (Å²) < 4.78 is 10.9. The zero-order chi connectivity index (χ0) is 18.3. The van der Waals surface area contributed by atoms with E-state index in [0.717, 1.165) is 36.8 Å². The standard InChI is InChI=1S/C19H33N3O2S.HI/c1-5-20-19(21-10-6-7-13-25-4)22-15-17-9-8-16(2)14-18(17)24-12-11-23-3;/h8-9,14H,5-7,10-13,15H2,1-4H3,(H2,20,21,22);1H. The maximum absolute atomic E-state index is 5.84. The quantitative estimate of drug-likeness (QED) is 0.200. The number of benzene rings is 1. The lowest BCUT2D eigenvalue weighted by Crippen LogP contribution is -2.37. The zero-order valence-corrected chi connectivity index (χ0v) is 19.6. The molecule has 0 unspecified atom stereocenters. The summed E-state index contributed by atoms with van der Waals surface area (Å²) in [4.78, 5) is 4.70. The lowest BCUT2D eigenvalue weighted by Gasteiger charge is -2.13. The van der Waals surface area contributed by atoms with E-state index in [-0.39, 0.29) is 24.0 Å². The van der Waals surface area contributed by atoms with E-state index in [4.69, 9.17) is 14.5 Å². The van der Waals surface area contributed by atoms with Crippen molar-refractivity contribution in [3.63, 3.8) is 0 Å². The molecule has 1 aromatic rings. The van der Waals surface area contributed by atoms with Crippen molar-refractivity contribution >= 4 is 41.7 Å². The van der Waals surface area contributed by atoms with Gasteiger partial charge in [0.1, 0.15) is 12.4 Å². The normalized spacial score (nSPS) is 11.0. The van der Waals surface area contributed by atoms with Gasteiger partial charge in [-0.25, -0.2) is 4.99 Å². The highest BCUT2D eigenvalue weighted by Crippen LogP contribution is 2.21. The zero-order valence-electron chi connectivity index (χ0n) is 16.5. The lowest BCUT2D eigenvalue weighted by molar-refractivity contribution is 0.145. The monoisotopic (exact) mass is 495 g/mol. The first-order valence-corrected chi connectivity index (χ1v) is 10.3. The first-order valence-electron chi connectivity index (χ1n) is 8.93. The van der Waals surface area contributed by atoms with Gasteiger partial charge in [0, 0.05) is 25.8 Å². The van der Waals surface area contributed by atoms with Crippen LogP contribution in [0, 0.1) is 6.92 Å². The number of hydrogen-bond donors (Lipinski definition) is 2. The van der Waals surface area contributed by atoms with Crippen molar-refractivity contribution in [2.24, 2.45) is 4.99 Å². The number of hydrogen-bond acceptors (Lipinski definition) is 4. The van der Waals surface area contributed by atoms with Gasteiger partial charge >= 0.3 is 0 Å². The van der Waals surface area contributed by atoms with E-state index in [1.165, 1.54) is 17.7 Å². The largest absolute Gasteiger partial charge is 0.491 e. The van der Waals surface area contributed by atoms with Crippen molar-refractivity contribution in [2.45, 2.75) is 33.2 Å². The van der Waals surface area contributed by atoms with E-state index < -0.39 is 0 Å². The summed E-state index contributed by atoms with van der Waals surface area (Å²) in [5.41, 5.74) is 2.26. The van der Waals surface area contributed by atoms with Crippen LogP contribution in [0.4, 0.5) is 0 Å². The minimum Gasteiger partial charge on any atom is -0.491 e. The summed E-state index contributed by atoms with van der Waals surface area (Å²) in [6, 6.07) is 6.24. The Morgan fingerprint density at radius 2 is 2.00 bits per heavy atom. The van der Waals surface area contributed by atoms with Gasteiger partial charge in [-0.05, 0) is 50.3 Å². The number of halogens is 1. The van der Waals surface area contributed by atoms with E-state index in [1.54, 1.807) is 7.11 Å². The predicted molar refractivity (Wildman–Crippen MR) is 124 cm³/mol. The molecule has 2 N–H and O–H groups in total. The van der Waals surface area contributed by atoms with Crippen molar-refractivity contribution in [2.75, 3.05) is 45.4 Å². The van der Waals surface area contributed by atoms with Gasteiger partial charge in [-0.15, -0.1) is 24.0 Å². The van der Waals surface area contributed by atoms with Crippen LogP contribution in [0.2, 0.25) is 0 Å². The fourth-order valence-electron chi connectivity index (χ4n) is 2.25. The minimum atomic E-state index is 0. The fourth-order valence-corrected chi connectivity index (χ4v) is 2.74. The molecule has 0 heterocycles. The van der Waals surface area contributed by atoms with Crippen molar-refractivity contribution < 1.29 is 9.47 Å². The summed E-state index contributed by atoms with van der Waals surface area (Å²) in [7, 11) is 1.68. The number of methoxy groups -OCH3 is 1. The molecule has 7 heteroatoms. The first-order chi connectivity index (χ1) is 12.2. The van der Waals surface area contributed by atoms with Gasteiger partial charge in [-0.2, -0.15) is 11.8 Å². The molecule has 0 radical (unpaired) electrons. The fraction of sp³-hybridized carbons (Fsp3) is 0.632. The van der Waals surface area contributed by atoms with E-state index >= 15 is 0 Å². The SMILES string of the molecule is CCNC(=NCc1ccc(C)cc1OCCOC)NCCCCSC.I. The second kappa shape index (κ2) is 16.5.